The molecule has 1 aromatic carbocycles. The van der Waals surface area contributed by atoms with Gasteiger partial charge in [0.2, 0.25) is 0 Å². The van der Waals surface area contributed by atoms with Gasteiger partial charge in [-0.2, -0.15) is 0 Å². The Morgan fingerprint density at radius 1 is 1.15 bits per heavy atom. The van der Waals surface area contributed by atoms with Gasteiger partial charge in [-0.05, 0) is 26.0 Å². The van der Waals surface area contributed by atoms with Crippen molar-refractivity contribution >= 4 is 11.8 Å². The third-order valence-corrected chi connectivity index (χ3v) is 2.71. The highest BCUT2D eigenvalue weighted by molar-refractivity contribution is 8.03. The van der Waals surface area contributed by atoms with Crippen LogP contribution >= 0.6 is 11.8 Å². The van der Waals surface area contributed by atoms with E-state index < -0.39 is 0 Å². The van der Waals surface area contributed by atoms with Crippen LogP contribution in [0.3, 0.4) is 0 Å². The van der Waals surface area contributed by atoms with Gasteiger partial charge in [-0.25, -0.2) is 0 Å². The van der Waals surface area contributed by atoms with Crippen LogP contribution in [-0.2, 0) is 0 Å². The Hall–Kier alpha value is -0.950. The largest absolute Gasteiger partial charge is 0.0905 e. The highest BCUT2D eigenvalue weighted by Crippen LogP contribution is 2.26. The number of hydrogen-bond donors (Lipinski definition) is 0. The Morgan fingerprint density at radius 3 is 2.38 bits per heavy atom. The van der Waals surface area contributed by atoms with Gasteiger partial charge in [0.25, 0.3) is 0 Å². The van der Waals surface area contributed by atoms with Crippen molar-refractivity contribution in [2.45, 2.75) is 18.7 Å². The summed E-state index contributed by atoms with van der Waals surface area (Å²) in [6.07, 6.45) is 6.31. The molecule has 0 aliphatic heterocycles. The SMILES string of the molecule is C/C=C(/C=C/C)Sc1ccccc1. The molecule has 68 valence electrons. The van der Waals surface area contributed by atoms with Crippen molar-refractivity contribution in [1.82, 2.24) is 0 Å². The molecule has 1 rings (SSSR count). The lowest BCUT2D eigenvalue weighted by molar-refractivity contribution is 1.47. The fourth-order valence-electron chi connectivity index (χ4n) is 0.978. The van der Waals surface area contributed by atoms with Gasteiger partial charge >= 0.3 is 0 Å². The minimum Gasteiger partial charge on any atom is -0.0905 e. The maximum atomic E-state index is 2.12. The second-order valence-corrected chi connectivity index (χ2v) is 3.75. The fourth-order valence-corrected chi connectivity index (χ4v) is 1.87. The van der Waals surface area contributed by atoms with Crippen molar-refractivity contribution in [3.05, 3.63) is 53.5 Å². The fraction of sp³-hybridized carbons (Fsp3) is 0.167. The van der Waals surface area contributed by atoms with Crippen LogP contribution in [0.1, 0.15) is 13.8 Å². The number of thioether (sulfide) groups is 1. The van der Waals surface area contributed by atoms with E-state index in [1.165, 1.54) is 9.80 Å². The molecular weight excluding hydrogens is 176 g/mol. The van der Waals surface area contributed by atoms with E-state index in [4.69, 9.17) is 0 Å². The van der Waals surface area contributed by atoms with Crippen molar-refractivity contribution in [1.29, 1.82) is 0 Å². The Kier molecular flexibility index (Phi) is 4.41. The average Bonchev–Trinajstić information content (AvgIpc) is 2.19. The summed E-state index contributed by atoms with van der Waals surface area (Å²) < 4.78 is 0. The predicted molar refractivity (Wildman–Crippen MR) is 60.9 cm³/mol. The molecule has 0 unspecified atom stereocenters. The Bertz CT molecular complexity index is 296. The molecule has 0 saturated heterocycles. The molecule has 1 aromatic rings. The quantitative estimate of drug-likeness (QED) is 0.507. The van der Waals surface area contributed by atoms with Crippen molar-refractivity contribution in [2.75, 3.05) is 0 Å². The van der Waals surface area contributed by atoms with Crippen molar-refractivity contribution in [2.24, 2.45) is 0 Å². The maximum absolute atomic E-state index is 2.12. The van der Waals surface area contributed by atoms with Gasteiger partial charge in [-0.3, -0.25) is 0 Å². The monoisotopic (exact) mass is 190 g/mol. The van der Waals surface area contributed by atoms with Gasteiger partial charge in [0.15, 0.2) is 0 Å². The predicted octanol–water partition coefficient (Wildman–Crippen LogP) is 4.26. The minimum absolute atomic E-state index is 1.29. The first-order valence-electron chi connectivity index (χ1n) is 4.38. The van der Waals surface area contributed by atoms with Gasteiger partial charge in [0.05, 0.1) is 0 Å². The molecule has 0 aromatic heterocycles. The van der Waals surface area contributed by atoms with Gasteiger partial charge in [0, 0.05) is 9.80 Å². The molecule has 0 bridgehead atoms. The van der Waals surface area contributed by atoms with Crippen molar-refractivity contribution in [3.63, 3.8) is 0 Å². The van der Waals surface area contributed by atoms with Crippen LogP contribution in [0.4, 0.5) is 0 Å². The van der Waals surface area contributed by atoms with E-state index in [0.29, 0.717) is 0 Å². The topological polar surface area (TPSA) is 0 Å². The maximum Gasteiger partial charge on any atom is 0.0122 e. The lowest BCUT2D eigenvalue weighted by Gasteiger charge is -2.00. The Balaban J connectivity index is 2.68. The molecule has 0 N–H and O–H groups in total. The van der Waals surface area contributed by atoms with Crippen LogP contribution in [0, 0.1) is 0 Å². The lowest BCUT2D eigenvalue weighted by atomic mass is 10.4. The normalized spacial score (nSPS) is 12.3. The Morgan fingerprint density at radius 2 is 1.85 bits per heavy atom. The molecule has 0 atom stereocenters. The summed E-state index contributed by atoms with van der Waals surface area (Å²) in [6.45, 7) is 4.10. The summed E-state index contributed by atoms with van der Waals surface area (Å²) >= 11 is 1.79. The third kappa shape index (κ3) is 3.51. The van der Waals surface area contributed by atoms with Crippen LogP contribution in [0.15, 0.2) is 58.4 Å². The zero-order chi connectivity index (χ0) is 9.52. The molecule has 0 amide bonds. The molecule has 0 nitrogen and oxygen atoms in total. The van der Waals surface area contributed by atoms with E-state index in [1.54, 1.807) is 11.8 Å². The van der Waals surface area contributed by atoms with E-state index in [2.05, 4.69) is 49.4 Å². The number of allylic oxidation sites excluding steroid dienone is 3. The van der Waals surface area contributed by atoms with Crippen LogP contribution in [0.25, 0.3) is 0 Å². The van der Waals surface area contributed by atoms with E-state index in [1.807, 2.05) is 13.0 Å². The molecule has 0 aliphatic carbocycles. The first-order chi connectivity index (χ1) is 6.36. The highest BCUT2D eigenvalue weighted by atomic mass is 32.2. The Labute approximate surface area is 84.4 Å². The van der Waals surface area contributed by atoms with Crippen LogP contribution in [-0.4, -0.2) is 0 Å². The standard InChI is InChI=1S/C12H14S/c1-3-8-11(4-2)13-12-9-6-5-7-10-12/h3-10H,1-2H3/b8-3+,11-4-. The van der Waals surface area contributed by atoms with Crippen LogP contribution < -0.4 is 0 Å². The molecule has 0 spiro atoms. The molecule has 0 fully saturated rings. The minimum atomic E-state index is 1.29. The summed E-state index contributed by atoms with van der Waals surface area (Å²) in [7, 11) is 0. The second kappa shape index (κ2) is 5.65. The zero-order valence-corrected chi connectivity index (χ0v) is 8.84. The summed E-state index contributed by atoms with van der Waals surface area (Å²) in [4.78, 5) is 2.57. The van der Waals surface area contributed by atoms with Gasteiger partial charge in [0.1, 0.15) is 0 Å². The van der Waals surface area contributed by atoms with Gasteiger partial charge < -0.3 is 0 Å². The summed E-state index contributed by atoms with van der Waals surface area (Å²) in [5.74, 6) is 0. The molecule has 0 heterocycles. The molecule has 1 heteroatoms. The molecule has 0 saturated carbocycles. The zero-order valence-electron chi connectivity index (χ0n) is 8.03. The average molecular weight is 190 g/mol. The molecule has 0 radical (unpaired) electrons. The number of benzene rings is 1. The highest BCUT2D eigenvalue weighted by Gasteiger charge is 1.93. The molecule has 0 aliphatic rings. The van der Waals surface area contributed by atoms with Crippen LogP contribution in [0.5, 0.6) is 0 Å². The first-order valence-corrected chi connectivity index (χ1v) is 5.20. The third-order valence-electron chi connectivity index (χ3n) is 1.59. The van der Waals surface area contributed by atoms with Crippen molar-refractivity contribution in [3.8, 4) is 0 Å². The van der Waals surface area contributed by atoms with E-state index in [9.17, 15) is 0 Å². The summed E-state index contributed by atoms with van der Waals surface area (Å²) in [5, 5.41) is 0. The van der Waals surface area contributed by atoms with Gasteiger partial charge in [-0.15, -0.1) is 0 Å². The van der Waals surface area contributed by atoms with Crippen molar-refractivity contribution < 1.29 is 0 Å². The molecular formula is C12H14S. The summed E-state index contributed by atoms with van der Waals surface area (Å²) in [6, 6.07) is 10.4. The van der Waals surface area contributed by atoms with E-state index >= 15 is 0 Å². The van der Waals surface area contributed by atoms with E-state index in [-0.39, 0.29) is 0 Å². The lowest BCUT2D eigenvalue weighted by Crippen LogP contribution is -1.71. The number of hydrogen-bond acceptors (Lipinski definition) is 1. The summed E-state index contributed by atoms with van der Waals surface area (Å²) in [5.41, 5.74) is 0. The smallest absolute Gasteiger partial charge is 0.0122 e. The number of rotatable bonds is 3. The first kappa shape index (κ1) is 10.1. The molecule has 13 heavy (non-hydrogen) atoms. The van der Waals surface area contributed by atoms with Crippen LogP contribution in [0.2, 0.25) is 0 Å². The second-order valence-electron chi connectivity index (χ2n) is 2.61. The van der Waals surface area contributed by atoms with Gasteiger partial charge in [-0.1, -0.05) is 48.2 Å². The van der Waals surface area contributed by atoms with E-state index in [0.717, 1.165) is 0 Å².